The predicted octanol–water partition coefficient (Wildman–Crippen LogP) is 9.85. The summed E-state index contributed by atoms with van der Waals surface area (Å²) in [4.78, 5) is 0. The van der Waals surface area contributed by atoms with Crippen molar-refractivity contribution in [3.05, 3.63) is 46.5 Å². The minimum absolute atomic E-state index is 0.169. The molecule has 0 amide bonds. The summed E-state index contributed by atoms with van der Waals surface area (Å²) in [7, 11) is 0.192. The fraction of sp³-hybridized carbons (Fsp3) is 0.600. The average molecular weight is 565 g/mol. The van der Waals surface area contributed by atoms with E-state index in [0.29, 0.717) is 0 Å². The molecule has 0 atom stereocenters. The fourth-order valence-corrected chi connectivity index (χ4v) is 6.34. The first-order valence-electron chi connectivity index (χ1n) is 13.0. The van der Waals surface area contributed by atoms with Gasteiger partial charge < -0.3 is 18.5 Å². The lowest BCUT2D eigenvalue weighted by Crippen LogP contribution is -2.21. The molecule has 1 fully saturated rings. The van der Waals surface area contributed by atoms with Crippen molar-refractivity contribution in [2.24, 2.45) is 0 Å². The number of methoxy groups -OCH3 is 2. The molecule has 0 saturated carbocycles. The van der Waals surface area contributed by atoms with Gasteiger partial charge in [-0.05, 0) is 45.9 Å². The van der Waals surface area contributed by atoms with Crippen LogP contribution in [0.2, 0.25) is 0 Å². The van der Waals surface area contributed by atoms with Gasteiger partial charge in [0.2, 0.25) is 0 Å². The van der Waals surface area contributed by atoms with E-state index in [1.165, 1.54) is 0 Å². The molecule has 2 aromatic rings. The van der Waals surface area contributed by atoms with Gasteiger partial charge >= 0.3 is 17.2 Å². The molecule has 0 unspecified atom stereocenters. The summed E-state index contributed by atoms with van der Waals surface area (Å²) >= 11 is 0. The van der Waals surface area contributed by atoms with E-state index in [0.717, 1.165) is 45.3 Å². The van der Waals surface area contributed by atoms with Crippen molar-refractivity contribution in [1.82, 2.24) is 0 Å². The van der Waals surface area contributed by atoms with Crippen molar-refractivity contribution in [3.8, 4) is 23.0 Å². The van der Waals surface area contributed by atoms with Gasteiger partial charge in [0.15, 0.2) is 0 Å². The van der Waals surface area contributed by atoms with E-state index in [4.69, 9.17) is 27.1 Å². The van der Waals surface area contributed by atoms with E-state index >= 15 is 0 Å². The molecule has 0 bridgehead atoms. The quantitative estimate of drug-likeness (QED) is 0.326. The Kier molecular flexibility index (Phi) is 8.77. The molecule has 1 aliphatic heterocycles. The monoisotopic (exact) mass is 564 g/mol. The van der Waals surface area contributed by atoms with Crippen molar-refractivity contribution >= 4 is 17.2 Å². The van der Waals surface area contributed by atoms with Gasteiger partial charge in [-0.25, -0.2) is 8.62 Å². The smallest absolute Gasteiger partial charge is 0.413 e. The Bertz CT molecular complexity index is 984. The van der Waals surface area contributed by atoms with Gasteiger partial charge in [-0.2, -0.15) is 0 Å². The Balaban J connectivity index is 1.92. The second kappa shape index (κ2) is 10.8. The Morgan fingerprint density at radius 2 is 0.711 bits per heavy atom. The van der Waals surface area contributed by atoms with Gasteiger partial charge in [0.1, 0.15) is 23.0 Å². The number of benzene rings is 2. The van der Waals surface area contributed by atoms with Crippen LogP contribution in [0.15, 0.2) is 24.3 Å². The average Bonchev–Trinajstić information content (AvgIpc) is 2.74. The molecule has 1 saturated heterocycles. The second-order valence-electron chi connectivity index (χ2n) is 13.9. The summed E-state index contributed by atoms with van der Waals surface area (Å²) in [6.45, 7) is 26.0. The van der Waals surface area contributed by atoms with Crippen LogP contribution in [0.3, 0.4) is 0 Å². The van der Waals surface area contributed by atoms with E-state index in [1.807, 2.05) is 24.3 Å². The zero-order valence-corrected chi connectivity index (χ0v) is 27.4. The summed E-state index contributed by atoms with van der Waals surface area (Å²) in [5, 5.41) is 0. The molecule has 1 heterocycles. The molecule has 8 heteroatoms. The maximum atomic E-state index is 6.45. The summed E-state index contributed by atoms with van der Waals surface area (Å²) < 4.78 is 36.4. The van der Waals surface area contributed by atoms with Crippen LogP contribution >= 0.6 is 17.2 Å². The topological polar surface area (TPSA) is 55.4 Å². The molecule has 3 rings (SSSR count). The lowest BCUT2D eigenvalue weighted by Gasteiger charge is -2.36. The van der Waals surface area contributed by atoms with Crippen LogP contribution in [0.4, 0.5) is 0 Å². The molecule has 0 radical (unpaired) electrons. The third kappa shape index (κ3) is 6.94. The molecule has 0 aromatic heterocycles. The van der Waals surface area contributed by atoms with Crippen LogP contribution in [-0.4, -0.2) is 14.2 Å². The zero-order valence-electron chi connectivity index (χ0n) is 25.7. The molecular formula is C30H46O6P2. The minimum Gasteiger partial charge on any atom is -0.497 e. The predicted molar refractivity (Wildman–Crippen MR) is 158 cm³/mol. The molecule has 212 valence electrons. The summed E-state index contributed by atoms with van der Waals surface area (Å²) in [5.41, 5.74) is 3.52. The maximum Gasteiger partial charge on any atom is 0.413 e. The van der Waals surface area contributed by atoms with Crippen LogP contribution in [-0.2, 0) is 30.3 Å². The van der Waals surface area contributed by atoms with Crippen molar-refractivity contribution in [3.63, 3.8) is 0 Å². The van der Waals surface area contributed by atoms with E-state index in [1.54, 1.807) is 14.2 Å². The lowest BCUT2D eigenvalue weighted by atomic mass is 9.79. The first-order chi connectivity index (χ1) is 17.3. The van der Waals surface area contributed by atoms with Crippen LogP contribution in [0.25, 0.3) is 0 Å². The summed E-state index contributed by atoms with van der Waals surface area (Å²) in [6, 6.07) is 8.17. The molecule has 1 aliphatic rings. The number of hydrogen-bond acceptors (Lipinski definition) is 6. The van der Waals surface area contributed by atoms with Crippen LogP contribution in [0.5, 0.6) is 23.0 Å². The number of ether oxygens (including phenoxy) is 2. The van der Waals surface area contributed by atoms with E-state index in [9.17, 15) is 0 Å². The Labute approximate surface area is 232 Å². The fourth-order valence-electron chi connectivity index (χ4n) is 4.20. The summed E-state index contributed by atoms with van der Waals surface area (Å²) in [6.07, 6.45) is 0. The van der Waals surface area contributed by atoms with Crippen LogP contribution in [0, 0.1) is 0 Å². The summed E-state index contributed by atoms with van der Waals surface area (Å²) in [5.74, 6) is 3.21. The second-order valence-corrected chi connectivity index (χ2v) is 16.5. The zero-order chi connectivity index (χ0) is 28.8. The van der Waals surface area contributed by atoms with Crippen molar-refractivity contribution in [1.29, 1.82) is 0 Å². The normalized spacial score (nSPS) is 18.6. The van der Waals surface area contributed by atoms with Crippen LogP contribution in [0.1, 0.15) is 105 Å². The maximum absolute atomic E-state index is 6.45. The minimum atomic E-state index is -1.60. The third-order valence-electron chi connectivity index (χ3n) is 6.43. The van der Waals surface area contributed by atoms with E-state index < -0.39 is 17.2 Å². The molecule has 0 spiro atoms. The highest BCUT2D eigenvalue weighted by Gasteiger charge is 2.44. The van der Waals surface area contributed by atoms with Crippen molar-refractivity contribution in [2.45, 2.75) is 105 Å². The van der Waals surface area contributed by atoms with Gasteiger partial charge in [0.05, 0.1) is 14.2 Å². The molecule has 0 N–H and O–H groups in total. The highest BCUT2D eigenvalue weighted by Crippen LogP contribution is 2.73. The first-order valence-corrected chi connectivity index (χ1v) is 15.2. The Morgan fingerprint density at radius 1 is 0.474 bits per heavy atom. The highest BCUT2D eigenvalue weighted by molar-refractivity contribution is 7.69. The van der Waals surface area contributed by atoms with Crippen molar-refractivity contribution < 1.29 is 27.1 Å². The number of rotatable bonds is 6. The highest BCUT2D eigenvalue weighted by atomic mass is 31.3. The standard InChI is InChI=1S/C30H46O6P2/c1-27(2,3)21-15-19(31-13)16-22(28(4,5)6)25(21)33-37-35-38(36-37)34-26-23(29(7,8)9)17-20(32-14)18-24(26)30(10,11)12/h15-18H,1-14H3. The molecule has 6 nitrogen and oxygen atoms in total. The van der Waals surface area contributed by atoms with E-state index in [2.05, 4.69) is 83.1 Å². The van der Waals surface area contributed by atoms with Gasteiger partial charge in [-0.3, -0.25) is 0 Å². The first kappa shape index (κ1) is 31.0. The van der Waals surface area contributed by atoms with Crippen molar-refractivity contribution in [2.75, 3.05) is 14.2 Å². The van der Waals surface area contributed by atoms with E-state index in [-0.39, 0.29) is 21.7 Å². The van der Waals surface area contributed by atoms with Gasteiger partial charge in [-0.1, -0.05) is 83.1 Å². The lowest BCUT2D eigenvalue weighted by molar-refractivity contribution is 0.270. The molecule has 2 aromatic carbocycles. The van der Waals surface area contributed by atoms with Gasteiger partial charge in [0, 0.05) is 22.3 Å². The Hall–Kier alpha value is -1.58. The SMILES string of the molecule is COc1cc(C(C)(C)C)c(OP2OP(Oc3c(C(C)(C)C)cc(OC)cc3C(C)(C)C)O2)c(C(C)(C)C)c1. The Morgan fingerprint density at radius 3 is 0.895 bits per heavy atom. The third-order valence-corrected chi connectivity index (χ3v) is 9.22. The number of hydrogen-bond donors (Lipinski definition) is 0. The van der Waals surface area contributed by atoms with Gasteiger partial charge in [0.25, 0.3) is 0 Å². The molecular weight excluding hydrogens is 518 g/mol. The van der Waals surface area contributed by atoms with Gasteiger partial charge in [-0.15, -0.1) is 0 Å². The molecule has 38 heavy (non-hydrogen) atoms. The van der Waals surface area contributed by atoms with Crippen LogP contribution < -0.4 is 18.5 Å². The molecule has 0 aliphatic carbocycles. The largest absolute Gasteiger partial charge is 0.497 e.